The Bertz CT molecular complexity index is 165. The summed E-state index contributed by atoms with van der Waals surface area (Å²) >= 11 is 0. The highest BCUT2D eigenvalue weighted by Gasteiger charge is 2.30. The lowest BCUT2D eigenvalue weighted by Crippen LogP contribution is -2.33. The molecule has 1 saturated carbocycles. The van der Waals surface area contributed by atoms with E-state index < -0.39 is 0 Å². The van der Waals surface area contributed by atoms with E-state index in [1.54, 1.807) is 6.92 Å². The van der Waals surface area contributed by atoms with Crippen LogP contribution in [0.4, 0.5) is 0 Å². The SMILES string of the molecule is CCC1CCC(C(C)=O)C(O)C1. The number of hydrogen-bond donors (Lipinski definition) is 1. The zero-order valence-electron chi connectivity index (χ0n) is 7.92. The van der Waals surface area contributed by atoms with E-state index in [2.05, 4.69) is 6.92 Å². The molecule has 1 aliphatic rings. The summed E-state index contributed by atoms with van der Waals surface area (Å²) < 4.78 is 0. The van der Waals surface area contributed by atoms with Gasteiger partial charge in [-0.2, -0.15) is 0 Å². The molecular formula is C10H18O2. The van der Waals surface area contributed by atoms with Gasteiger partial charge in [0.15, 0.2) is 0 Å². The third-order valence-electron chi connectivity index (χ3n) is 3.02. The molecular weight excluding hydrogens is 152 g/mol. The molecule has 0 bridgehead atoms. The number of Topliss-reactive ketones (excluding diaryl/α,β-unsaturated/α-hetero) is 1. The van der Waals surface area contributed by atoms with E-state index in [1.807, 2.05) is 0 Å². The Labute approximate surface area is 74.0 Å². The largest absolute Gasteiger partial charge is 0.392 e. The van der Waals surface area contributed by atoms with Crippen molar-refractivity contribution < 1.29 is 9.90 Å². The molecule has 0 heterocycles. The monoisotopic (exact) mass is 170 g/mol. The van der Waals surface area contributed by atoms with Crippen LogP contribution in [0.15, 0.2) is 0 Å². The number of aliphatic hydroxyl groups excluding tert-OH is 1. The Morgan fingerprint density at radius 2 is 2.17 bits per heavy atom. The van der Waals surface area contributed by atoms with Gasteiger partial charge in [0.2, 0.25) is 0 Å². The van der Waals surface area contributed by atoms with Crippen molar-refractivity contribution in [3.63, 3.8) is 0 Å². The van der Waals surface area contributed by atoms with Crippen LogP contribution >= 0.6 is 0 Å². The van der Waals surface area contributed by atoms with Crippen LogP contribution in [0.5, 0.6) is 0 Å². The van der Waals surface area contributed by atoms with Gasteiger partial charge in [-0.25, -0.2) is 0 Å². The molecule has 0 aromatic heterocycles. The van der Waals surface area contributed by atoms with Crippen molar-refractivity contribution in [3.05, 3.63) is 0 Å². The van der Waals surface area contributed by atoms with Crippen LogP contribution < -0.4 is 0 Å². The van der Waals surface area contributed by atoms with Gasteiger partial charge in [-0.3, -0.25) is 4.79 Å². The molecule has 2 nitrogen and oxygen atoms in total. The third-order valence-corrected chi connectivity index (χ3v) is 3.02. The van der Waals surface area contributed by atoms with Crippen molar-refractivity contribution in [1.29, 1.82) is 0 Å². The molecule has 3 atom stereocenters. The lowest BCUT2D eigenvalue weighted by Gasteiger charge is -2.30. The number of aliphatic hydroxyl groups is 1. The van der Waals surface area contributed by atoms with Crippen LogP contribution in [0, 0.1) is 11.8 Å². The van der Waals surface area contributed by atoms with Gasteiger partial charge in [0, 0.05) is 5.92 Å². The Morgan fingerprint density at radius 3 is 2.58 bits per heavy atom. The van der Waals surface area contributed by atoms with Crippen LogP contribution in [-0.2, 0) is 4.79 Å². The van der Waals surface area contributed by atoms with Gasteiger partial charge in [0.1, 0.15) is 5.78 Å². The summed E-state index contributed by atoms with van der Waals surface area (Å²) in [6.45, 7) is 3.73. The fourth-order valence-electron chi connectivity index (χ4n) is 2.08. The number of carbonyl (C=O) groups is 1. The summed E-state index contributed by atoms with van der Waals surface area (Å²) in [6, 6.07) is 0. The second-order valence-corrected chi connectivity index (χ2v) is 3.87. The number of ketones is 1. The molecule has 12 heavy (non-hydrogen) atoms. The summed E-state index contributed by atoms with van der Waals surface area (Å²) in [5.74, 6) is 0.709. The zero-order valence-corrected chi connectivity index (χ0v) is 7.92. The van der Waals surface area contributed by atoms with Crippen LogP contribution in [-0.4, -0.2) is 17.0 Å². The molecule has 1 rings (SSSR count). The minimum absolute atomic E-state index is 0.0761. The topological polar surface area (TPSA) is 37.3 Å². The molecule has 1 N–H and O–H groups in total. The van der Waals surface area contributed by atoms with Gasteiger partial charge in [-0.1, -0.05) is 13.3 Å². The number of rotatable bonds is 2. The third kappa shape index (κ3) is 2.07. The Balaban J connectivity index is 2.47. The molecule has 0 aromatic rings. The lowest BCUT2D eigenvalue weighted by atomic mass is 9.77. The highest BCUT2D eigenvalue weighted by atomic mass is 16.3. The van der Waals surface area contributed by atoms with Crippen LogP contribution in [0.3, 0.4) is 0 Å². The Morgan fingerprint density at radius 1 is 1.50 bits per heavy atom. The molecule has 1 aliphatic carbocycles. The lowest BCUT2D eigenvalue weighted by molar-refractivity contribution is -0.126. The first-order valence-electron chi connectivity index (χ1n) is 4.83. The average Bonchev–Trinajstić information content (AvgIpc) is 2.03. The second-order valence-electron chi connectivity index (χ2n) is 3.87. The molecule has 0 amide bonds. The molecule has 70 valence electrons. The van der Waals surface area contributed by atoms with Crippen LogP contribution in [0.25, 0.3) is 0 Å². The summed E-state index contributed by atoms with van der Waals surface area (Å²) in [4.78, 5) is 11.0. The zero-order chi connectivity index (χ0) is 9.14. The van der Waals surface area contributed by atoms with E-state index in [0.29, 0.717) is 5.92 Å². The summed E-state index contributed by atoms with van der Waals surface area (Å²) in [7, 11) is 0. The Kier molecular flexibility index (Phi) is 3.27. The Hall–Kier alpha value is -0.370. The van der Waals surface area contributed by atoms with E-state index in [4.69, 9.17) is 0 Å². The van der Waals surface area contributed by atoms with Gasteiger partial charge in [-0.15, -0.1) is 0 Å². The predicted octanol–water partition coefficient (Wildman–Crippen LogP) is 1.76. The molecule has 3 unspecified atom stereocenters. The van der Waals surface area contributed by atoms with Crippen molar-refractivity contribution >= 4 is 5.78 Å². The first-order chi connectivity index (χ1) is 5.65. The molecule has 0 aliphatic heterocycles. The summed E-state index contributed by atoms with van der Waals surface area (Å²) in [5.41, 5.74) is 0. The van der Waals surface area contributed by atoms with Gasteiger partial charge in [-0.05, 0) is 32.1 Å². The standard InChI is InChI=1S/C10H18O2/c1-3-8-4-5-9(7(2)11)10(12)6-8/h8-10,12H,3-6H2,1-2H3. The maximum atomic E-state index is 11.0. The van der Waals surface area contributed by atoms with E-state index in [-0.39, 0.29) is 17.8 Å². The van der Waals surface area contributed by atoms with Crippen molar-refractivity contribution in [2.45, 2.75) is 45.6 Å². The van der Waals surface area contributed by atoms with Gasteiger partial charge < -0.3 is 5.11 Å². The van der Waals surface area contributed by atoms with Crippen LogP contribution in [0.1, 0.15) is 39.5 Å². The maximum Gasteiger partial charge on any atom is 0.135 e. The smallest absolute Gasteiger partial charge is 0.135 e. The highest BCUT2D eigenvalue weighted by Crippen LogP contribution is 2.31. The first kappa shape index (κ1) is 9.72. The number of hydrogen-bond acceptors (Lipinski definition) is 2. The molecule has 2 heteroatoms. The highest BCUT2D eigenvalue weighted by molar-refractivity contribution is 5.78. The van der Waals surface area contributed by atoms with Gasteiger partial charge in [0.05, 0.1) is 6.10 Å². The normalized spacial score (nSPS) is 36.4. The van der Waals surface area contributed by atoms with Crippen molar-refractivity contribution in [2.75, 3.05) is 0 Å². The van der Waals surface area contributed by atoms with Crippen molar-refractivity contribution in [2.24, 2.45) is 11.8 Å². The average molecular weight is 170 g/mol. The van der Waals surface area contributed by atoms with E-state index in [1.165, 1.54) is 0 Å². The first-order valence-corrected chi connectivity index (χ1v) is 4.83. The number of carbonyl (C=O) groups excluding carboxylic acids is 1. The molecule has 0 spiro atoms. The van der Waals surface area contributed by atoms with Crippen molar-refractivity contribution in [1.82, 2.24) is 0 Å². The minimum Gasteiger partial charge on any atom is -0.392 e. The van der Waals surface area contributed by atoms with Gasteiger partial charge in [0.25, 0.3) is 0 Å². The van der Waals surface area contributed by atoms with Crippen molar-refractivity contribution in [3.8, 4) is 0 Å². The summed E-state index contributed by atoms with van der Waals surface area (Å²) in [5, 5.41) is 9.62. The van der Waals surface area contributed by atoms with E-state index >= 15 is 0 Å². The minimum atomic E-state index is -0.374. The van der Waals surface area contributed by atoms with Crippen LogP contribution in [0.2, 0.25) is 0 Å². The molecule has 0 radical (unpaired) electrons. The van der Waals surface area contributed by atoms with Gasteiger partial charge >= 0.3 is 0 Å². The molecule has 0 saturated heterocycles. The predicted molar refractivity (Wildman–Crippen MR) is 47.8 cm³/mol. The van der Waals surface area contributed by atoms with E-state index in [0.717, 1.165) is 25.7 Å². The maximum absolute atomic E-state index is 11.0. The van der Waals surface area contributed by atoms with E-state index in [9.17, 15) is 9.90 Å². The fourth-order valence-corrected chi connectivity index (χ4v) is 2.08. The second kappa shape index (κ2) is 4.04. The molecule has 0 aromatic carbocycles. The molecule has 1 fully saturated rings. The quantitative estimate of drug-likeness (QED) is 0.685. The fraction of sp³-hybridized carbons (Fsp3) is 0.900. The summed E-state index contributed by atoms with van der Waals surface area (Å²) in [6.07, 6.45) is 3.57.